The van der Waals surface area contributed by atoms with E-state index in [0.717, 1.165) is 22.5 Å². The molecular weight excluding hydrogens is 348 g/mol. The first-order chi connectivity index (χ1) is 12.5. The summed E-state index contributed by atoms with van der Waals surface area (Å²) < 4.78 is 0. The second kappa shape index (κ2) is 6.36. The van der Waals surface area contributed by atoms with Crippen molar-refractivity contribution in [2.24, 2.45) is 10.9 Å². The largest absolute Gasteiger partial charge is 0.337 e. The fourth-order valence-electron chi connectivity index (χ4n) is 3.64. The quantitative estimate of drug-likeness (QED) is 0.751. The number of aryl methyl sites for hydroxylation is 1. The molecule has 0 radical (unpaired) electrons. The van der Waals surface area contributed by atoms with Crippen LogP contribution in [0.3, 0.4) is 0 Å². The van der Waals surface area contributed by atoms with E-state index in [-0.39, 0.29) is 17.6 Å². The molecule has 4 nitrogen and oxygen atoms in total. The second-order valence-corrected chi connectivity index (χ2v) is 7.37. The minimum atomic E-state index is -0.338. The zero-order valence-corrected chi connectivity index (χ0v) is 15.5. The normalized spacial score (nSPS) is 18.9. The molecule has 0 N–H and O–H groups in total. The Labute approximate surface area is 157 Å². The summed E-state index contributed by atoms with van der Waals surface area (Å²) in [6, 6.07) is 10.7. The van der Waals surface area contributed by atoms with Crippen molar-refractivity contribution >= 4 is 34.7 Å². The van der Waals surface area contributed by atoms with Crippen LogP contribution in [-0.2, 0) is 0 Å². The zero-order valence-electron chi connectivity index (χ0n) is 14.8. The Morgan fingerprint density at radius 1 is 1.15 bits per heavy atom. The summed E-state index contributed by atoms with van der Waals surface area (Å²) in [6.45, 7) is 4.99. The van der Waals surface area contributed by atoms with Gasteiger partial charge in [-0.15, -0.1) is 0 Å². The van der Waals surface area contributed by atoms with E-state index in [4.69, 9.17) is 16.6 Å². The Morgan fingerprint density at radius 2 is 1.88 bits per heavy atom. The summed E-state index contributed by atoms with van der Waals surface area (Å²) in [7, 11) is 0. The molecule has 4 rings (SSSR count). The SMILES string of the molecule is Cc1ccc2c(c1C)N=C1CCN(C(=O)c3ccc(Cl)cc3)CC1C2=O. The van der Waals surface area contributed by atoms with Crippen molar-refractivity contribution in [1.29, 1.82) is 0 Å². The van der Waals surface area contributed by atoms with E-state index >= 15 is 0 Å². The number of likely N-dealkylation sites (tertiary alicyclic amines) is 1. The maximum Gasteiger partial charge on any atom is 0.253 e. The smallest absolute Gasteiger partial charge is 0.253 e. The van der Waals surface area contributed by atoms with Crippen LogP contribution in [0, 0.1) is 19.8 Å². The van der Waals surface area contributed by atoms with Crippen molar-refractivity contribution in [1.82, 2.24) is 4.90 Å². The monoisotopic (exact) mass is 366 g/mol. The van der Waals surface area contributed by atoms with E-state index in [1.165, 1.54) is 0 Å². The van der Waals surface area contributed by atoms with Crippen molar-refractivity contribution in [3.8, 4) is 0 Å². The Hall–Kier alpha value is -2.46. The number of amides is 1. The molecule has 2 heterocycles. The number of benzene rings is 2. The van der Waals surface area contributed by atoms with E-state index in [1.54, 1.807) is 29.2 Å². The van der Waals surface area contributed by atoms with Crippen LogP contribution in [0.1, 0.15) is 38.3 Å². The van der Waals surface area contributed by atoms with E-state index in [2.05, 4.69) is 0 Å². The number of hydrogen-bond donors (Lipinski definition) is 0. The number of carbonyl (C=O) groups excluding carboxylic acids is 2. The molecule has 2 aliphatic heterocycles. The van der Waals surface area contributed by atoms with Crippen molar-refractivity contribution in [3.05, 3.63) is 63.7 Å². The minimum absolute atomic E-state index is 0.0700. The molecule has 1 saturated heterocycles. The topological polar surface area (TPSA) is 49.7 Å². The molecule has 0 aliphatic carbocycles. The standard InChI is InChI=1S/C21H19ClN2O2/c1-12-3-8-16-19(13(12)2)23-18-9-10-24(11-17(18)20(16)25)21(26)14-4-6-15(22)7-5-14/h3-8,17H,9-11H2,1-2H3. The van der Waals surface area contributed by atoms with Crippen molar-refractivity contribution < 1.29 is 9.59 Å². The lowest BCUT2D eigenvalue weighted by Crippen LogP contribution is -2.47. The van der Waals surface area contributed by atoms with E-state index < -0.39 is 0 Å². The average Bonchev–Trinajstić information content (AvgIpc) is 2.65. The van der Waals surface area contributed by atoms with Crippen LogP contribution in [0.15, 0.2) is 41.4 Å². The molecule has 1 unspecified atom stereocenters. The predicted octanol–water partition coefficient (Wildman–Crippen LogP) is 4.39. The van der Waals surface area contributed by atoms with E-state index in [1.807, 2.05) is 26.0 Å². The Balaban J connectivity index is 1.62. The zero-order chi connectivity index (χ0) is 18.4. The van der Waals surface area contributed by atoms with Gasteiger partial charge in [0.25, 0.3) is 5.91 Å². The Bertz CT molecular complexity index is 947. The second-order valence-electron chi connectivity index (χ2n) is 6.93. The van der Waals surface area contributed by atoms with E-state index in [0.29, 0.717) is 35.7 Å². The van der Waals surface area contributed by atoms with Crippen molar-refractivity contribution in [2.75, 3.05) is 13.1 Å². The highest BCUT2D eigenvalue weighted by Crippen LogP contribution is 2.36. The summed E-state index contributed by atoms with van der Waals surface area (Å²) >= 11 is 5.90. The van der Waals surface area contributed by atoms with Gasteiger partial charge in [0, 0.05) is 41.4 Å². The number of aliphatic imine (C=N–C) groups is 1. The van der Waals surface area contributed by atoms with Gasteiger partial charge in [0.05, 0.1) is 11.6 Å². The molecule has 0 aromatic heterocycles. The first-order valence-corrected chi connectivity index (χ1v) is 9.10. The molecule has 2 aromatic carbocycles. The number of hydrogen-bond acceptors (Lipinski definition) is 3. The molecular formula is C21H19ClN2O2. The Morgan fingerprint density at radius 3 is 2.62 bits per heavy atom. The van der Waals surface area contributed by atoms with Gasteiger partial charge in [0.2, 0.25) is 0 Å². The molecule has 2 aliphatic rings. The number of Topliss-reactive ketones (excluding diaryl/α,β-unsaturated/α-hetero) is 1. The molecule has 2 aromatic rings. The molecule has 1 fully saturated rings. The lowest BCUT2D eigenvalue weighted by molar-refractivity contribution is 0.0712. The lowest BCUT2D eigenvalue weighted by atomic mass is 9.83. The first kappa shape index (κ1) is 17.0. The number of nitrogens with zero attached hydrogens (tertiary/aromatic N) is 2. The summed E-state index contributed by atoms with van der Waals surface area (Å²) in [6.07, 6.45) is 0.628. The first-order valence-electron chi connectivity index (χ1n) is 8.72. The predicted molar refractivity (Wildman–Crippen MR) is 103 cm³/mol. The number of fused-ring (bicyclic) bond motifs is 2. The van der Waals surface area contributed by atoms with Gasteiger partial charge >= 0.3 is 0 Å². The fourth-order valence-corrected chi connectivity index (χ4v) is 3.77. The van der Waals surface area contributed by atoms with Gasteiger partial charge in [-0.1, -0.05) is 17.7 Å². The van der Waals surface area contributed by atoms with Crippen LogP contribution < -0.4 is 0 Å². The van der Waals surface area contributed by atoms with Crippen LogP contribution >= 0.6 is 11.6 Å². The van der Waals surface area contributed by atoms with Crippen LogP contribution in [0.4, 0.5) is 5.69 Å². The average molecular weight is 367 g/mol. The maximum atomic E-state index is 13.0. The Kier molecular flexibility index (Phi) is 4.16. The molecule has 26 heavy (non-hydrogen) atoms. The lowest BCUT2D eigenvalue weighted by Gasteiger charge is -2.35. The van der Waals surface area contributed by atoms with Crippen molar-refractivity contribution in [2.45, 2.75) is 20.3 Å². The molecule has 0 bridgehead atoms. The van der Waals surface area contributed by atoms with Gasteiger partial charge in [0.15, 0.2) is 5.78 Å². The summed E-state index contributed by atoms with van der Waals surface area (Å²) in [5.41, 5.74) is 5.15. The van der Waals surface area contributed by atoms with Crippen LogP contribution in [-0.4, -0.2) is 35.4 Å². The number of rotatable bonds is 1. The summed E-state index contributed by atoms with van der Waals surface area (Å²) in [5, 5.41) is 0.597. The minimum Gasteiger partial charge on any atom is -0.337 e. The highest BCUT2D eigenvalue weighted by molar-refractivity contribution is 6.30. The van der Waals surface area contributed by atoms with Crippen molar-refractivity contribution in [3.63, 3.8) is 0 Å². The molecule has 0 saturated carbocycles. The number of ketones is 1. The van der Waals surface area contributed by atoms with Gasteiger partial charge in [-0.25, -0.2) is 0 Å². The molecule has 5 heteroatoms. The molecule has 1 atom stereocenters. The van der Waals surface area contributed by atoms with Gasteiger partial charge in [-0.3, -0.25) is 14.6 Å². The third-order valence-corrected chi connectivity index (χ3v) is 5.61. The highest BCUT2D eigenvalue weighted by atomic mass is 35.5. The van der Waals surface area contributed by atoms with Gasteiger partial charge in [-0.2, -0.15) is 0 Å². The van der Waals surface area contributed by atoms with Crippen LogP contribution in [0.5, 0.6) is 0 Å². The third kappa shape index (κ3) is 2.74. The molecule has 132 valence electrons. The van der Waals surface area contributed by atoms with Gasteiger partial charge < -0.3 is 4.90 Å². The number of halogens is 1. The van der Waals surface area contributed by atoms with Crippen LogP contribution in [0.25, 0.3) is 0 Å². The maximum absolute atomic E-state index is 13.0. The molecule has 1 amide bonds. The summed E-state index contributed by atoms with van der Waals surface area (Å²) in [4.78, 5) is 32.3. The van der Waals surface area contributed by atoms with Gasteiger partial charge in [0.1, 0.15) is 0 Å². The third-order valence-electron chi connectivity index (χ3n) is 5.36. The van der Waals surface area contributed by atoms with Gasteiger partial charge in [-0.05, 0) is 55.3 Å². The number of carbonyl (C=O) groups is 2. The summed E-state index contributed by atoms with van der Waals surface area (Å²) in [5.74, 6) is -0.337. The van der Waals surface area contributed by atoms with Crippen LogP contribution in [0.2, 0.25) is 5.02 Å². The van der Waals surface area contributed by atoms with E-state index in [9.17, 15) is 9.59 Å². The fraction of sp³-hybridized carbons (Fsp3) is 0.286. The molecule has 0 spiro atoms. The highest BCUT2D eigenvalue weighted by Gasteiger charge is 2.37. The number of piperidine rings is 1.